The summed E-state index contributed by atoms with van der Waals surface area (Å²) in [6, 6.07) is 0. The van der Waals surface area contributed by atoms with Crippen molar-refractivity contribution in [1.82, 2.24) is 0 Å². The molecule has 92 valence electrons. The molecule has 4 heteroatoms. The lowest BCUT2D eigenvalue weighted by molar-refractivity contribution is -0.147. The third-order valence-corrected chi connectivity index (χ3v) is 3.94. The van der Waals surface area contributed by atoms with Crippen molar-refractivity contribution in [2.45, 2.75) is 44.1 Å². The van der Waals surface area contributed by atoms with Gasteiger partial charge in [-0.25, -0.2) is 0 Å². The van der Waals surface area contributed by atoms with E-state index in [1.54, 1.807) is 0 Å². The van der Waals surface area contributed by atoms with Gasteiger partial charge in [-0.2, -0.15) is 0 Å². The third kappa shape index (κ3) is 2.55. The van der Waals surface area contributed by atoms with Crippen molar-refractivity contribution in [2.75, 3.05) is 13.2 Å². The molecule has 0 aromatic rings. The molecule has 0 bridgehead atoms. The maximum Gasteiger partial charge on any atom is 0.326 e. The maximum atomic E-state index is 11.1. The molecule has 2 fully saturated rings. The number of hydrogen-bond donors (Lipinski definition) is 2. The van der Waals surface area contributed by atoms with Crippen LogP contribution in [0, 0.1) is 11.8 Å². The fourth-order valence-electron chi connectivity index (χ4n) is 2.23. The summed E-state index contributed by atoms with van der Waals surface area (Å²) in [5, 5.41) is 9.10. The van der Waals surface area contributed by atoms with Gasteiger partial charge in [-0.3, -0.25) is 4.79 Å². The molecule has 0 amide bonds. The third-order valence-electron chi connectivity index (χ3n) is 3.94. The minimum absolute atomic E-state index is 0.119. The Morgan fingerprint density at radius 1 is 1.38 bits per heavy atom. The molecule has 0 saturated heterocycles. The number of carbonyl (C=O) groups is 1. The summed E-state index contributed by atoms with van der Waals surface area (Å²) in [6.07, 6.45) is 6.85. The number of aliphatic carboxylic acids is 1. The van der Waals surface area contributed by atoms with Gasteiger partial charge in [0.05, 0.1) is 6.61 Å². The SMILES string of the molecule is NC(COCCC1CCC1)(C(=O)O)C1CC1. The van der Waals surface area contributed by atoms with Crippen LogP contribution in [0.1, 0.15) is 38.5 Å². The fraction of sp³-hybridized carbons (Fsp3) is 0.917. The number of carboxylic acids is 1. The van der Waals surface area contributed by atoms with Crippen molar-refractivity contribution in [1.29, 1.82) is 0 Å². The van der Waals surface area contributed by atoms with Gasteiger partial charge in [-0.05, 0) is 31.1 Å². The molecule has 2 aliphatic carbocycles. The smallest absolute Gasteiger partial charge is 0.326 e. The van der Waals surface area contributed by atoms with E-state index in [0.29, 0.717) is 6.61 Å². The normalized spacial score (nSPS) is 24.8. The summed E-state index contributed by atoms with van der Waals surface area (Å²) < 4.78 is 5.46. The van der Waals surface area contributed by atoms with Crippen LogP contribution in [0.5, 0.6) is 0 Å². The molecular weight excluding hydrogens is 206 g/mol. The molecule has 1 unspecified atom stereocenters. The second kappa shape index (κ2) is 4.72. The van der Waals surface area contributed by atoms with Crippen molar-refractivity contribution in [3.05, 3.63) is 0 Å². The minimum atomic E-state index is -1.14. The predicted octanol–water partition coefficient (Wildman–Crippen LogP) is 1.39. The van der Waals surface area contributed by atoms with E-state index >= 15 is 0 Å². The Morgan fingerprint density at radius 3 is 2.50 bits per heavy atom. The molecule has 1 atom stereocenters. The van der Waals surface area contributed by atoms with Crippen molar-refractivity contribution >= 4 is 5.97 Å². The van der Waals surface area contributed by atoms with Gasteiger partial charge in [0.15, 0.2) is 0 Å². The van der Waals surface area contributed by atoms with Gasteiger partial charge in [0.2, 0.25) is 0 Å². The first-order chi connectivity index (χ1) is 7.63. The highest BCUT2D eigenvalue weighted by Gasteiger charge is 2.48. The van der Waals surface area contributed by atoms with Crippen LogP contribution < -0.4 is 5.73 Å². The fourth-order valence-corrected chi connectivity index (χ4v) is 2.23. The van der Waals surface area contributed by atoms with Crippen molar-refractivity contribution in [2.24, 2.45) is 17.6 Å². The summed E-state index contributed by atoms with van der Waals surface area (Å²) in [4.78, 5) is 11.1. The predicted molar refractivity (Wildman–Crippen MR) is 60.1 cm³/mol. The van der Waals surface area contributed by atoms with Gasteiger partial charge in [0, 0.05) is 6.61 Å². The van der Waals surface area contributed by atoms with Crippen LogP contribution in [-0.2, 0) is 9.53 Å². The lowest BCUT2D eigenvalue weighted by atomic mass is 9.83. The summed E-state index contributed by atoms with van der Waals surface area (Å²) in [6.45, 7) is 0.823. The zero-order chi connectivity index (χ0) is 11.6. The number of rotatable bonds is 7. The molecule has 0 heterocycles. The van der Waals surface area contributed by atoms with E-state index in [-0.39, 0.29) is 12.5 Å². The second-order valence-electron chi connectivity index (χ2n) is 5.26. The first-order valence-corrected chi connectivity index (χ1v) is 6.23. The summed E-state index contributed by atoms with van der Waals surface area (Å²) in [5.41, 5.74) is 4.75. The molecule has 0 aliphatic heterocycles. The number of ether oxygens (including phenoxy) is 1. The molecule has 0 radical (unpaired) electrons. The number of carboxylic acid groups (broad SMARTS) is 1. The van der Waals surface area contributed by atoms with E-state index in [4.69, 9.17) is 15.6 Å². The minimum Gasteiger partial charge on any atom is -0.480 e. The molecule has 0 spiro atoms. The lowest BCUT2D eigenvalue weighted by Crippen LogP contribution is -2.54. The monoisotopic (exact) mass is 227 g/mol. The topological polar surface area (TPSA) is 72.5 Å². The zero-order valence-electron chi connectivity index (χ0n) is 9.65. The Kier molecular flexibility index (Phi) is 3.50. The summed E-state index contributed by atoms with van der Waals surface area (Å²) >= 11 is 0. The van der Waals surface area contributed by atoms with Crippen LogP contribution in [0.15, 0.2) is 0 Å². The van der Waals surface area contributed by atoms with E-state index in [0.717, 1.165) is 25.2 Å². The second-order valence-corrected chi connectivity index (χ2v) is 5.26. The Morgan fingerprint density at radius 2 is 2.06 bits per heavy atom. The highest BCUT2D eigenvalue weighted by atomic mass is 16.5. The molecule has 0 aromatic heterocycles. The van der Waals surface area contributed by atoms with Crippen molar-refractivity contribution in [3.63, 3.8) is 0 Å². The van der Waals surface area contributed by atoms with Gasteiger partial charge in [0.1, 0.15) is 5.54 Å². The largest absolute Gasteiger partial charge is 0.480 e. The Labute approximate surface area is 96.2 Å². The number of nitrogens with two attached hydrogens (primary N) is 1. The maximum absolute atomic E-state index is 11.1. The first kappa shape index (κ1) is 11.9. The van der Waals surface area contributed by atoms with Gasteiger partial charge in [-0.1, -0.05) is 19.3 Å². The van der Waals surface area contributed by atoms with Crippen LogP contribution >= 0.6 is 0 Å². The Balaban J connectivity index is 1.67. The van der Waals surface area contributed by atoms with Crippen molar-refractivity contribution in [3.8, 4) is 0 Å². The summed E-state index contributed by atoms with van der Waals surface area (Å²) in [7, 11) is 0. The van der Waals surface area contributed by atoms with Gasteiger partial charge in [-0.15, -0.1) is 0 Å². The van der Waals surface area contributed by atoms with E-state index < -0.39 is 11.5 Å². The van der Waals surface area contributed by atoms with Crippen LogP contribution in [-0.4, -0.2) is 29.8 Å². The van der Waals surface area contributed by atoms with Gasteiger partial charge >= 0.3 is 5.97 Å². The standard InChI is InChI=1S/C12H21NO3/c13-12(11(14)15,10-4-5-10)8-16-7-6-9-2-1-3-9/h9-10H,1-8,13H2,(H,14,15). The lowest BCUT2D eigenvalue weighted by Gasteiger charge is -2.27. The quantitative estimate of drug-likeness (QED) is 0.645. The Bertz CT molecular complexity index is 261. The van der Waals surface area contributed by atoms with E-state index in [2.05, 4.69) is 0 Å². The Hall–Kier alpha value is -0.610. The molecule has 2 saturated carbocycles. The summed E-state index contributed by atoms with van der Waals surface area (Å²) in [5.74, 6) is 0.00488. The van der Waals surface area contributed by atoms with Gasteiger partial charge < -0.3 is 15.6 Å². The highest BCUT2D eigenvalue weighted by molar-refractivity contribution is 5.79. The van der Waals surface area contributed by atoms with E-state index in [1.807, 2.05) is 0 Å². The molecule has 4 nitrogen and oxygen atoms in total. The van der Waals surface area contributed by atoms with Crippen LogP contribution in [0.4, 0.5) is 0 Å². The van der Waals surface area contributed by atoms with Crippen LogP contribution in [0.2, 0.25) is 0 Å². The van der Waals surface area contributed by atoms with E-state index in [9.17, 15) is 4.79 Å². The van der Waals surface area contributed by atoms with Crippen LogP contribution in [0.25, 0.3) is 0 Å². The van der Waals surface area contributed by atoms with E-state index in [1.165, 1.54) is 19.3 Å². The average molecular weight is 227 g/mol. The molecule has 3 N–H and O–H groups in total. The molecule has 2 aliphatic rings. The average Bonchev–Trinajstić information content (AvgIpc) is 2.97. The molecule has 0 aromatic carbocycles. The molecular formula is C12H21NO3. The zero-order valence-corrected chi connectivity index (χ0v) is 9.65. The molecule has 2 rings (SSSR count). The van der Waals surface area contributed by atoms with Crippen LogP contribution in [0.3, 0.4) is 0 Å². The van der Waals surface area contributed by atoms with Crippen molar-refractivity contribution < 1.29 is 14.6 Å². The first-order valence-electron chi connectivity index (χ1n) is 6.23. The molecule has 16 heavy (non-hydrogen) atoms. The number of hydrogen-bond acceptors (Lipinski definition) is 3. The highest BCUT2D eigenvalue weighted by Crippen LogP contribution is 2.38. The van der Waals surface area contributed by atoms with Gasteiger partial charge in [0.25, 0.3) is 0 Å².